The maximum Gasteiger partial charge on any atom is 0.256 e. The van der Waals surface area contributed by atoms with E-state index in [1.165, 1.54) is 11.8 Å². The molecule has 0 aliphatic carbocycles. The summed E-state index contributed by atoms with van der Waals surface area (Å²) in [4.78, 5) is 25.3. The maximum absolute atomic E-state index is 12.6. The van der Waals surface area contributed by atoms with Gasteiger partial charge in [0, 0.05) is 11.3 Å². The Labute approximate surface area is 147 Å². The summed E-state index contributed by atoms with van der Waals surface area (Å²) < 4.78 is 0. The third-order valence-electron chi connectivity index (χ3n) is 3.26. The lowest BCUT2D eigenvalue weighted by atomic mass is 10.1. The quantitative estimate of drug-likeness (QED) is 0.621. The number of benzene rings is 2. The molecule has 2 N–H and O–H groups in total. The van der Waals surface area contributed by atoms with E-state index in [2.05, 4.69) is 10.9 Å². The van der Waals surface area contributed by atoms with E-state index < -0.39 is 5.25 Å². The number of thioether (sulfide) groups is 1. The molecule has 126 valence electrons. The first-order valence-corrected chi connectivity index (χ1v) is 8.79. The zero-order chi connectivity index (χ0) is 17.4. The van der Waals surface area contributed by atoms with Crippen LogP contribution in [0.3, 0.4) is 0 Å². The number of rotatable bonds is 6. The number of carbonyl (C=O) groups excluding carboxylic acids is 2. The lowest BCUT2D eigenvalue weighted by Gasteiger charge is -2.17. The normalized spacial score (nSPS) is 11.8. The van der Waals surface area contributed by atoms with Crippen LogP contribution in [-0.2, 0) is 9.59 Å². The highest BCUT2D eigenvalue weighted by atomic mass is 32.2. The van der Waals surface area contributed by atoms with Gasteiger partial charge in [-0.05, 0) is 23.6 Å². The van der Waals surface area contributed by atoms with Crippen molar-refractivity contribution in [1.82, 2.24) is 10.9 Å². The number of hydrazine groups is 1. The number of carbonyl (C=O) groups is 2. The van der Waals surface area contributed by atoms with Gasteiger partial charge in [-0.2, -0.15) is 0 Å². The van der Waals surface area contributed by atoms with Gasteiger partial charge in [0.15, 0.2) is 0 Å². The predicted molar refractivity (Wildman–Crippen MR) is 97.2 cm³/mol. The number of hydrogen-bond acceptors (Lipinski definition) is 3. The molecule has 1 unspecified atom stereocenters. The summed E-state index contributed by atoms with van der Waals surface area (Å²) in [6.07, 6.45) is 0.377. The van der Waals surface area contributed by atoms with E-state index in [1.54, 1.807) is 0 Å². The summed E-state index contributed by atoms with van der Waals surface area (Å²) in [6, 6.07) is 19.3. The van der Waals surface area contributed by atoms with Crippen LogP contribution < -0.4 is 10.9 Å². The third-order valence-corrected chi connectivity index (χ3v) is 4.52. The zero-order valence-corrected chi connectivity index (χ0v) is 14.7. The smallest absolute Gasteiger partial charge is 0.256 e. The fourth-order valence-corrected chi connectivity index (χ4v) is 3.20. The summed E-state index contributed by atoms with van der Waals surface area (Å²) in [6.45, 7) is 3.92. The molecule has 2 amide bonds. The molecular formula is C19H22N2O2S. The lowest BCUT2D eigenvalue weighted by molar-refractivity contribution is -0.129. The lowest BCUT2D eigenvalue weighted by Crippen LogP contribution is -2.43. The van der Waals surface area contributed by atoms with E-state index in [0.29, 0.717) is 6.42 Å². The molecule has 0 spiro atoms. The molecule has 2 aromatic carbocycles. The molecule has 0 saturated carbocycles. The van der Waals surface area contributed by atoms with Crippen molar-refractivity contribution in [3.05, 3.63) is 66.2 Å². The number of amides is 2. The highest BCUT2D eigenvalue weighted by Gasteiger charge is 2.22. The van der Waals surface area contributed by atoms with E-state index in [9.17, 15) is 9.59 Å². The van der Waals surface area contributed by atoms with Crippen LogP contribution in [0.15, 0.2) is 65.6 Å². The summed E-state index contributed by atoms with van der Waals surface area (Å²) in [7, 11) is 0. The molecule has 24 heavy (non-hydrogen) atoms. The second-order valence-corrected chi connectivity index (χ2v) is 7.04. The largest absolute Gasteiger partial charge is 0.273 e. The minimum Gasteiger partial charge on any atom is -0.273 e. The summed E-state index contributed by atoms with van der Waals surface area (Å²) in [5.74, 6) is -0.187. The standard InChI is InChI=1S/C19H22N2O2S/c1-14(2)13-17(22)20-21-19(23)18(15-9-5-3-6-10-15)24-16-11-7-4-8-12-16/h3-12,14,18H,13H2,1-2H3,(H,20,22)(H,21,23). The summed E-state index contributed by atoms with van der Waals surface area (Å²) in [5.41, 5.74) is 5.94. The van der Waals surface area contributed by atoms with Crippen LogP contribution in [0, 0.1) is 5.92 Å². The fourth-order valence-electron chi connectivity index (χ4n) is 2.15. The Kier molecular flexibility index (Phi) is 6.88. The van der Waals surface area contributed by atoms with E-state index >= 15 is 0 Å². The Morgan fingerprint density at radius 2 is 1.50 bits per heavy atom. The zero-order valence-electron chi connectivity index (χ0n) is 13.9. The first-order valence-electron chi connectivity index (χ1n) is 7.91. The van der Waals surface area contributed by atoms with Crippen LogP contribution in [0.25, 0.3) is 0 Å². The van der Waals surface area contributed by atoms with Gasteiger partial charge in [0.25, 0.3) is 5.91 Å². The highest BCUT2D eigenvalue weighted by molar-refractivity contribution is 8.00. The molecular weight excluding hydrogens is 320 g/mol. The van der Waals surface area contributed by atoms with Crippen LogP contribution in [0.5, 0.6) is 0 Å². The Hall–Kier alpha value is -2.27. The van der Waals surface area contributed by atoms with Gasteiger partial charge in [-0.15, -0.1) is 11.8 Å². The molecule has 0 aliphatic rings. The van der Waals surface area contributed by atoms with Crippen molar-refractivity contribution in [1.29, 1.82) is 0 Å². The Morgan fingerprint density at radius 3 is 2.08 bits per heavy atom. The summed E-state index contributed by atoms with van der Waals surface area (Å²) >= 11 is 1.45. The maximum atomic E-state index is 12.6. The van der Waals surface area contributed by atoms with Gasteiger partial charge in [-0.1, -0.05) is 62.4 Å². The number of nitrogens with one attached hydrogen (secondary N) is 2. The monoisotopic (exact) mass is 342 g/mol. The van der Waals surface area contributed by atoms with Crippen molar-refractivity contribution in [3.8, 4) is 0 Å². The molecule has 0 heterocycles. The average Bonchev–Trinajstić information content (AvgIpc) is 2.58. The molecule has 0 aliphatic heterocycles. The van der Waals surface area contributed by atoms with E-state index in [-0.39, 0.29) is 17.7 Å². The van der Waals surface area contributed by atoms with Gasteiger partial charge in [0.05, 0.1) is 0 Å². The van der Waals surface area contributed by atoms with Crippen LogP contribution >= 0.6 is 11.8 Å². The molecule has 0 radical (unpaired) electrons. The van der Waals surface area contributed by atoms with Crippen LogP contribution in [0.1, 0.15) is 31.1 Å². The van der Waals surface area contributed by atoms with Gasteiger partial charge in [0.1, 0.15) is 5.25 Å². The van der Waals surface area contributed by atoms with Crippen molar-refractivity contribution < 1.29 is 9.59 Å². The van der Waals surface area contributed by atoms with Crippen LogP contribution in [0.4, 0.5) is 0 Å². The topological polar surface area (TPSA) is 58.2 Å². The Balaban J connectivity index is 2.08. The van der Waals surface area contributed by atoms with Crippen molar-refractivity contribution in [2.45, 2.75) is 30.4 Å². The van der Waals surface area contributed by atoms with E-state index in [0.717, 1.165) is 10.5 Å². The van der Waals surface area contributed by atoms with Crippen LogP contribution in [0.2, 0.25) is 0 Å². The van der Waals surface area contributed by atoms with Crippen molar-refractivity contribution in [2.75, 3.05) is 0 Å². The predicted octanol–water partition coefficient (Wildman–Crippen LogP) is 3.71. The molecule has 0 fully saturated rings. The van der Waals surface area contributed by atoms with E-state index in [4.69, 9.17) is 0 Å². The fraction of sp³-hybridized carbons (Fsp3) is 0.263. The molecule has 0 saturated heterocycles. The van der Waals surface area contributed by atoms with Gasteiger partial charge < -0.3 is 0 Å². The second kappa shape index (κ2) is 9.13. The van der Waals surface area contributed by atoms with E-state index in [1.807, 2.05) is 74.5 Å². The molecule has 0 aromatic heterocycles. The molecule has 0 bridgehead atoms. The average molecular weight is 342 g/mol. The van der Waals surface area contributed by atoms with Crippen molar-refractivity contribution in [2.24, 2.45) is 5.92 Å². The molecule has 4 nitrogen and oxygen atoms in total. The first-order chi connectivity index (χ1) is 11.6. The van der Waals surface area contributed by atoms with Gasteiger partial charge in [0.2, 0.25) is 5.91 Å². The van der Waals surface area contributed by atoms with Gasteiger partial charge >= 0.3 is 0 Å². The molecule has 2 aromatic rings. The molecule has 5 heteroatoms. The van der Waals surface area contributed by atoms with Crippen molar-refractivity contribution >= 4 is 23.6 Å². The van der Waals surface area contributed by atoms with Gasteiger partial charge in [-0.25, -0.2) is 0 Å². The van der Waals surface area contributed by atoms with Crippen molar-refractivity contribution in [3.63, 3.8) is 0 Å². The second-order valence-electron chi connectivity index (χ2n) is 5.86. The molecule has 1 atom stereocenters. The third kappa shape index (κ3) is 5.74. The summed E-state index contributed by atoms with van der Waals surface area (Å²) in [5, 5.41) is -0.437. The number of hydrogen-bond donors (Lipinski definition) is 2. The first kappa shape index (κ1) is 18.1. The van der Waals surface area contributed by atoms with Gasteiger partial charge in [-0.3, -0.25) is 20.4 Å². The Morgan fingerprint density at radius 1 is 0.917 bits per heavy atom. The molecule has 2 rings (SSSR count). The Bertz CT molecular complexity index is 660. The highest BCUT2D eigenvalue weighted by Crippen LogP contribution is 2.35. The van der Waals surface area contributed by atoms with Crippen LogP contribution in [-0.4, -0.2) is 11.8 Å². The SMILES string of the molecule is CC(C)CC(=O)NNC(=O)C(Sc1ccccc1)c1ccccc1. The minimum atomic E-state index is -0.437. The minimum absolute atomic E-state index is 0.185.